The van der Waals surface area contributed by atoms with Crippen molar-refractivity contribution in [2.24, 2.45) is 5.16 Å². The number of phenols is 2. The van der Waals surface area contributed by atoms with Crippen molar-refractivity contribution >= 4 is 63.6 Å². The summed E-state index contributed by atoms with van der Waals surface area (Å²) in [4.78, 5) is 73.8. The Kier molecular flexibility index (Phi) is 9.08. The number of quaternary nitrogens is 1. The van der Waals surface area contributed by atoms with Gasteiger partial charge >= 0.3 is 5.97 Å². The number of oxime groups is 1. The quantitative estimate of drug-likeness (QED) is 0.0599. The number of β-lactam (4-membered cyclic amide) rings is 1. The van der Waals surface area contributed by atoms with Gasteiger partial charge in [0.1, 0.15) is 23.7 Å². The van der Waals surface area contributed by atoms with E-state index < -0.39 is 53.2 Å². The lowest BCUT2D eigenvalue weighted by molar-refractivity contribution is -0.908. The number of hydrogen-bond donors (Lipinski definition) is 5. The zero-order chi connectivity index (χ0) is 33.3. The second kappa shape index (κ2) is 12.9. The Bertz CT molecular complexity index is 1670. The second-order valence-electron chi connectivity index (χ2n) is 11.0. The minimum absolute atomic E-state index is 0.00268. The number of amides is 3. The number of aromatic hydroxyl groups is 2. The molecule has 17 nitrogen and oxygen atoms in total. The van der Waals surface area contributed by atoms with Gasteiger partial charge in [-0.25, -0.2) is 9.78 Å². The lowest BCUT2D eigenvalue weighted by Crippen LogP contribution is -2.72. The van der Waals surface area contributed by atoms with Crippen LogP contribution in [0.5, 0.6) is 11.5 Å². The maximum absolute atomic E-state index is 13.2. The maximum atomic E-state index is 13.2. The molecule has 0 unspecified atom stereocenters. The van der Waals surface area contributed by atoms with Gasteiger partial charge in [0.05, 0.1) is 44.9 Å². The maximum Gasteiger partial charge on any atom is 0.344 e. The van der Waals surface area contributed by atoms with Crippen LogP contribution in [0.25, 0.3) is 0 Å². The molecule has 0 saturated carbocycles. The van der Waals surface area contributed by atoms with Crippen molar-refractivity contribution in [1.29, 1.82) is 0 Å². The number of rotatable bonds is 10. The molecule has 0 spiro atoms. The fourth-order valence-corrected chi connectivity index (χ4v) is 7.25. The largest absolute Gasteiger partial charge is 0.543 e. The summed E-state index contributed by atoms with van der Waals surface area (Å²) >= 11 is 2.27. The van der Waals surface area contributed by atoms with Gasteiger partial charge in [-0.05, 0) is 18.2 Å². The molecule has 6 N–H and O–H groups in total. The summed E-state index contributed by atoms with van der Waals surface area (Å²) in [6, 6.07) is 2.74. The van der Waals surface area contributed by atoms with E-state index in [9.17, 15) is 39.3 Å². The van der Waals surface area contributed by atoms with Crippen LogP contribution in [-0.4, -0.2) is 134 Å². The number of thioether (sulfide) groups is 1. The van der Waals surface area contributed by atoms with Gasteiger partial charge in [-0.3, -0.25) is 19.3 Å². The molecule has 46 heavy (non-hydrogen) atoms. The lowest BCUT2D eigenvalue weighted by atomic mass is 10.0. The van der Waals surface area contributed by atoms with Gasteiger partial charge in [0.25, 0.3) is 17.7 Å². The van der Waals surface area contributed by atoms with Crippen LogP contribution < -0.4 is 16.2 Å². The summed E-state index contributed by atoms with van der Waals surface area (Å²) in [5.74, 6) is -5.25. The van der Waals surface area contributed by atoms with E-state index in [0.717, 1.165) is 16.2 Å². The predicted molar refractivity (Wildman–Crippen MR) is 160 cm³/mol. The number of aromatic nitrogens is 1. The Morgan fingerprint density at radius 1 is 1.22 bits per heavy atom. The number of carboxylic acids is 2. The number of carbonyl (C=O) groups excluding carboxylic acids is 4. The van der Waals surface area contributed by atoms with E-state index in [-0.39, 0.29) is 46.0 Å². The fraction of sp³-hybridized carbons (Fsp3) is 0.370. The van der Waals surface area contributed by atoms with Crippen molar-refractivity contribution in [3.8, 4) is 11.5 Å². The average Bonchev–Trinajstić information content (AvgIpc) is 3.44. The van der Waals surface area contributed by atoms with Gasteiger partial charge in [-0.1, -0.05) is 5.16 Å². The highest BCUT2D eigenvalue weighted by atomic mass is 32.2. The number of piperazine rings is 1. The monoisotopic (exact) mass is 675 g/mol. The number of nitrogen functional groups attached to an aromatic ring is 1. The molecule has 2 atom stereocenters. The first-order valence-electron chi connectivity index (χ1n) is 13.7. The summed E-state index contributed by atoms with van der Waals surface area (Å²) in [6.07, 6.45) is 0. The number of thiazole rings is 1. The number of aliphatic carboxylic acids is 2. The highest BCUT2D eigenvalue weighted by Crippen LogP contribution is 2.41. The Morgan fingerprint density at radius 2 is 1.93 bits per heavy atom. The number of nitrogens with zero attached hydrogens (tertiary/aromatic N) is 5. The highest BCUT2D eigenvalue weighted by Gasteiger charge is 2.54. The number of nitrogens with two attached hydrogens (primary N) is 1. The molecule has 0 radical (unpaired) electrons. The zero-order valence-electron chi connectivity index (χ0n) is 24.2. The van der Waals surface area contributed by atoms with E-state index in [2.05, 4.69) is 15.5 Å². The highest BCUT2D eigenvalue weighted by molar-refractivity contribution is 8.00. The van der Waals surface area contributed by atoms with Crippen molar-refractivity contribution in [2.75, 3.05) is 57.9 Å². The van der Waals surface area contributed by atoms with Crippen LogP contribution in [0.1, 0.15) is 16.1 Å². The second-order valence-corrected chi connectivity index (χ2v) is 13.0. The van der Waals surface area contributed by atoms with E-state index in [4.69, 9.17) is 15.7 Å². The number of benzene rings is 1. The number of fused-ring (bicyclic) bond motifs is 1. The zero-order valence-corrected chi connectivity index (χ0v) is 25.9. The summed E-state index contributed by atoms with van der Waals surface area (Å²) < 4.78 is 0.386. The summed E-state index contributed by atoms with van der Waals surface area (Å²) in [7, 11) is 1.92. The minimum Gasteiger partial charge on any atom is -0.543 e. The normalized spacial score (nSPS) is 20.9. The number of carboxylic acid groups (broad SMARTS) is 2. The van der Waals surface area contributed by atoms with Crippen molar-refractivity contribution in [3.05, 3.63) is 46.1 Å². The van der Waals surface area contributed by atoms with E-state index >= 15 is 0 Å². The van der Waals surface area contributed by atoms with Gasteiger partial charge in [0.2, 0.25) is 6.61 Å². The van der Waals surface area contributed by atoms with Crippen LogP contribution in [0.15, 0.2) is 40.0 Å². The molecule has 4 heterocycles. The van der Waals surface area contributed by atoms with Crippen LogP contribution in [0.2, 0.25) is 0 Å². The summed E-state index contributed by atoms with van der Waals surface area (Å²) in [5, 5.41) is 47.3. The van der Waals surface area contributed by atoms with Gasteiger partial charge in [0, 0.05) is 22.3 Å². The van der Waals surface area contributed by atoms with Gasteiger partial charge < -0.3 is 50.5 Å². The van der Waals surface area contributed by atoms with Crippen molar-refractivity contribution < 1.29 is 53.7 Å². The molecular weight excluding hydrogens is 646 g/mol. The van der Waals surface area contributed by atoms with E-state index in [1.54, 1.807) is 4.90 Å². The Morgan fingerprint density at radius 3 is 2.54 bits per heavy atom. The number of phenolic OH excluding ortho intramolecular Hbond substituents is 2. The van der Waals surface area contributed by atoms with Crippen LogP contribution >= 0.6 is 23.1 Å². The molecule has 0 bridgehead atoms. The minimum atomic E-state index is -1.53. The SMILES string of the molecule is C[N+]1(CC2=C(C(=O)[O-])N3C(=O)[C@@H](NC(=O)C(=NOCC(=O)O)c4csc(N)n4)[C@H]3SC2)CCN(C(=O)c2ccc(O)c(O)c2)CC1. The van der Waals surface area contributed by atoms with Crippen molar-refractivity contribution in [2.45, 2.75) is 11.4 Å². The Labute approximate surface area is 269 Å². The van der Waals surface area contributed by atoms with Gasteiger partial charge in [-0.2, -0.15) is 0 Å². The molecule has 5 rings (SSSR count). The molecule has 244 valence electrons. The standard InChI is InChI=1S/C27H29N7O10S2/c1-34(6-4-32(5-7-34)23(40)13-2-3-16(35)17(36)8-13)9-14-11-45-25-20(24(41)33(25)21(14)26(42)43)30-22(39)19(31-44-10-18(37)38)15-12-46-27(28)29-15/h2-3,8,12,20,25H,4-7,9-11H2,1H3,(H6-,28,29,30,31,35,36,37,38,39,40,42,43)/t20-,25-/m1/s1. The molecule has 3 aliphatic rings. The number of anilines is 1. The summed E-state index contributed by atoms with van der Waals surface area (Å²) in [5.41, 5.74) is 5.69. The van der Waals surface area contributed by atoms with Crippen LogP contribution in [0, 0.1) is 0 Å². The third-order valence-corrected chi connectivity index (χ3v) is 9.77. The molecule has 2 aromatic rings. The molecule has 19 heteroatoms. The topological polar surface area (TPSA) is 248 Å². The smallest absolute Gasteiger partial charge is 0.344 e. The molecule has 1 aromatic carbocycles. The molecule has 2 saturated heterocycles. The van der Waals surface area contributed by atoms with Crippen molar-refractivity contribution in [3.63, 3.8) is 0 Å². The van der Waals surface area contributed by atoms with Gasteiger partial charge in [0.15, 0.2) is 22.3 Å². The molecule has 1 aromatic heterocycles. The first-order chi connectivity index (χ1) is 21.8. The molecule has 2 fully saturated rings. The Hall–Kier alpha value is -4.88. The molecular formula is C27H29N7O10S2. The van der Waals surface area contributed by atoms with Crippen LogP contribution in [-0.2, 0) is 24.0 Å². The van der Waals surface area contributed by atoms with Crippen LogP contribution in [0.3, 0.4) is 0 Å². The first-order valence-corrected chi connectivity index (χ1v) is 15.7. The van der Waals surface area contributed by atoms with Gasteiger partial charge in [-0.15, -0.1) is 23.1 Å². The molecule has 3 amide bonds. The first kappa shape index (κ1) is 32.5. The fourth-order valence-electron chi connectivity index (χ4n) is 5.36. The number of likely N-dealkylation sites (N-methyl/N-ethyl adjacent to an activating group) is 1. The summed E-state index contributed by atoms with van der Waals surface area (Å²) in [6.45, 7) is 1.10. The average molecular weight is 676 g/mol. The molecule has 3 aliphatic heterocycles. The lowest BCUT2D eigenvalue weighted by Gasteiger charge is -2.51. The number of hydrogen-bond acceptors (Lipinski definition) is 14. The molecule has 0 aliphatic carbocycles. The number of carbonyl (C=O) groups is 5. The van der Waals surface area contributed by atoms with Crippen LogP contribution in [0.4, 0.5) is 5.13 Å². The third-order valence-electron chi connectivity index (χ3n) is 7.75. The van der Waals surface area contributed by atoms with E-state index in [1.165, 1.54) is 35.3 Å². The van der Waals surface area contributed by atoms with Crippen molar-refractivity contribution in [1.82, 2.24) is 20.1 Å². The van der Waals surface area contributed by atoms with E-state index in [1.807, 2.05) is 7.05 Å². The third kappa shape index (κ3) is 6.56. The Balaban J connectivity index is 1.26. The van der Waals surface area contributed by atoms with E-state index in [0.29, 0.717) is 36.2 Å². The number of nitrogens with one attached hydrogen (secondary N) is 1. The predicted octanol–water partition coefficient (Wildman–Crippen LogP) is -2.05.